The van der Waals surface area contributed by atoms with Crippen LogP contribution in [0.1, 0.15) is 11.1 Å². The van der Waals surface area contributed by atoms with Crippen LogP contribution in [-0.4, -0.2) is 66.3 Å². The van der Waals surface area contributed by atoms with Gasteiger partial charge in [-0.2, -0.15) is 5.10 Å². The lowest BCUT2D eigenvalue weighted by molar-refractivity contribution is 0.0339. The number of rotatable bonds is 6. The predicted molar refractivity (Wildman–Crippen MR) is 129 cm³/mol. The summed E-state index contributed by atoms with van der Waals surface area (Å²) in [6.45, 7) is 3.82. The van der Waals surface area contributed by atoms with E-state index < -0.39 is 11.2 Å². The van der Waals surface area contributed by atoms with Gasteiger partial charge in [-0.1, -0.05) is 0 Å². The molecule has 34 heavy (non-hydrogen) atoms. The minimum atomic E-state index is -0.618. The monoisotopic (exact) mass is 463 g/mol. The zero-order chi connectivity index (χ0) is 23.7. The molecule has 2 aromatic carbocycles. The summed E-state index contributed by atoms with van der Waals surface area (Å²) in [6.07, 6.45) is 1.50. The molecule has 0 aliphatic carbocycles. The van der Waals surface area contributed by atoms with Gasteiger partial charge in [0.1, 0.15) is 17.0 Å². The fourth-order valence-electron chi connectivity index (χ4n) is 4.18. The van der Waals surface area contributed by atoms with E-state index in [1.54, 1.807) is 32.4 Å². The summed E-state index contributed by atoms with van der Waals surface area (Å²) in [6, 6.07) is 11.0. The number of fused-ring (bicyclic) bond motifs is 3. The van der Waals surface area contributed by atoms with Gasteiger partial charge in [0.15, 0.2) is 0 Å². The Kier molecular flexibility index (Phi) is 5.91. The highest BCUT2D eigenvalue weighted by atomic mass is 16.5. The number of aromatic amines is 2. The number of hydrogen-bond donors (Lipinski definition) is 2. The maximum atomic E-state index is 13.1. The third-order valence-corrected chi connectivity index (χ3v) is 5.96. The Morgan fingerprint density at radius 1 is 1.03 bits per heavy atom. The van der Waals surface area contributed by atoms with Crippen LogP contribution in [0.2, 0.25) is 0 Å². The highest BCUT2D eigenvalue weighted by molar-refractivity contribution is 6.04. The average molecular weight is 463 g/mol. The first-order valence-corrected chi connectivity index (χ1v) is 10.9. The maximum Gasteiger partial charge on any atom is 0.350 e. The highest BCUT2D eigenvalue weighted by Crippen LogP contribution is 2.25. The first-order chi connectivity index (χ1) is 16.6. The van der Waals surface area contributed by atoms with Gasteiger partial charge in [-0.25, -0.2) is 4.79 Å². The van der Waals surface area contributed by atoms with Crippen LogP contribution in [0.15, 0.2) is 51.1 Å². The van der Waals surface area contributed by atoms with Crippen LogP contribution in [0.5, 0.6) is 11.5 Å². The van der Waals surface area contributed by atoms with Crippen molar-refractivity contribution in [2.75, 3.05) is 40.5 Å². The van der Waals surface area contributed by atoms with E-state index in [-0.39, 0.29) is 5.52 Å². The van der Waals surface area contributed by atoms with Crippen LogP contribution < -0.4 is 20.7 Å². The first-order valence-electron chi connectivity index (χ1n) is 10.9. The molecule has 10 heteroatoms. The molecule has 2 aromatic heterocycles. The second kappa shape index (κ2) is 9.16. The third-order valence-electron chi connectivity index (χ3n) is 5.96. The Hall–Kier alpha value is -3.89. The second-order valence-corrected chi connectivity index (χ2v) is 8.04. The van der Waals surface area contributed by atoms with E-state index in [9.17, 15) is 9.59 Å². The Balaban J connectivity index is 1.50. The van der Waals surface area contributed by atoms with E-state index in [1.807, 2.05) is 18.2 Å². The van der Waals surface area contributed by atoms with Crippen molar-refractivity contribution in [1.82, 2.24) is 19.5 Å². The normalized spacial score (nSPS) is 14.9. The van der Waals surface area contributed by atoms with E-state index in [2.05, 4.69) is 20.0 Å². The number of benzene rings is 2. The molecule has 1 saturated heterocycles. The number of aromatic nitrogens is 3. The number of ether oxygens (including phenoxy) is 3. The van der Waals surface area contributed by atoms with Gasteiger partial charge in [-0.05, 0) is 35.9 Å². The summed E-state index contributed by atoms with van der Waals surface area (Å²) in [7, 11) is 3.20. The zero-order valence-electron chi connectivity index (χ0n) is 19.0. The van der Waals surface area contributed by atoms with E-state index in [0.717, 1.165) is 40.0 Å². The molecule has 1 aliphatic rings. The van der Waals surface area contributed by atoms with Crippen molar-refractivity contribution < 1.29 is 14.2 Å². The standard InChI is InChI=1S/C24H25N5O5/c1-32-17-4-5-18-19(12-17)26-22-21(18)27-24(31)29(23(22)30)25-13-15-3-6-20(33-2)16(11-15)14-28-7-9-34-10-8-28/h3-6,11-13,26H,7-10,14H2,1-2H3,(H,27,31)/b25-13-. The van der Waals surface area contributed by atoms with E-state index in [4.69, 9.17) is 14.2 Å². The van der Waals surface area contributed by atoms with Gasteiger partial charge >= 0.3 is 11.2 Å². The van der Waals surface area contributed by atoms with Crippen molar-refractivity contribution in [3.63, 3.8) is 0 Å². The molecule has 5 rings (SSSR count). The summed E-state index contributed by atoms with van der Waals surface area (Å²) >= 11 is 0. The summed E-state index contributed by atoms with van der Waals surface area (Å²) in [4.78, 5) is 33.9. The van der Waals surface area contributed by atoms with Crippen LogP contribution >= 0.6 is 0 Å². The lowest BCUT2D eigenvalue weighted by Gasteiger charge is -2.27. The fourth-order valence-corrected chi connectivity index (χ4v) is 4.18. The minimum Gasteiger partial charge on any atom is -0.497 e. The largest absolute Gasteiger partial charge is 0.497 e. The van der Waals surface area contributed by atoms with Crippen molar-refractivity contribution in [3.05, 3.63) is 68.4 Å². The highest BCUT2D eigenvalue weighted by Gasteiger charge is 2.15. The van der Waals surface area contributed by atoms with Crippen LogP contribution in [0.25, 0.3) is 21.9 Å². The van der Waals surface area contributed by atoms with Crippen molar-refractivity contribution in [1.29, 1.82) is 0 Å². The fraction of sp³-hybridized carbons (Fsp3) is 0.292. The first kappa shape index (κ1) is 21.9. The molecule has 0 radical (unpaired) electrons. The van der Waals surface area contributed by atoms with Crippen molar-refractivity contribution >= 4 is 28.2 Å². The number of morpholine rings is 1. The lowest BCUT2D eigenvalue weighted by atomic mass is 10.1. The maximum absolute atomic E-state index is 13.1. The van der Waals surface area contributed by atoms with E-state index in [0.29, 0.717) is 36.5 Å². The number of hydrogen-bond acceptors (Lipinski definition) is 7. The van der Waals surface area contributed by atoms with E-state index in [1.165, 1.54) is 6.21 Å². The number of nitrogens with one attached hydrogen (secondary N) is 2. The van der Waals surface area contributed by atoms with Crippen LogP contribution in [-0.2, 0) is 11.3 Å². The SMILES string of the molecule is COc1ccc2c(c1)[nH]c1c(=O)n(/N=C\c3ccc(OC)c(CN4CCOCC4)c3)c(=O)[nH]c12. The van der Waals surface area contributed by atoms with Crippen LogP contribution in [0, 0.1) is 0 Å². The molecule has 1 aliphatic heterocycles. The molecular formula is C24H25N5O5. The van der Waals surface area contributed by atoms with Gasteiger partial charge in [0.05, 0.1) is 44.7 Å². The Morgan fingerprint density at radius 3 is 2.62 bits per heavy atom. The van der Waals surface area contributed by atoms with Gasteiger partial charge in [0.2, 0.25) is 0 Å². The van der Waals surface area contributed by atoms with Gasteiger partial charge in [-0.3, -0.25) is 9.69 Å². The Morgan fingerprint density at radius 2 is 1.85 bits per heavy atom. The number of nitrogens with zero attached hydrogens (tertiary/aromatic N) is 3. The van der Waals surface area contributed by atoms with E-state index >= 15 is 0 Å². The van der Waals surface area contributed by atoms with Crippen molar-refractivity contribution in [2.45, 2.75) is 6.54 Å². The summed E-state index contributed by atoms with van der Waals surface area (Å²) in [5.74, 6) is 1.42. The van der Waals surface area contributed by atoms with Gasteiger partial charge < -0.3 is 24.2 Å². The molecule has 0 amide bonds. The molecule has 0 unspecified atom stereocenters. The molecule has 176 valence electrons. The minimum absolute atomic E-state index is 0.266. The molecule has 0 atom stereocenters. The summed E-state index contributed by atoms with van der Waals surface area (Å²) < 4.78 is 17.0. The van der Waals surface area contributed by atoms with Crippen molar-refractivity contribution in [3.8, 4) is 11.5 Å². The van der Waals surface area contributed by atoms with Crippen molar-refractivity contribution in [2.24, 2.45) is 5.10 Å². The summed E-state index contributed by atoms with van der Waals surface area (Å²) in [5, 5.41) is 4.92. The molecular weight excluding hydrogens is 438 g/mol. The van der Waals surface area contributed by atoms with Gasteiger partial charge in [0.25, 0.3) is 0 Å². The molecule has 3 heterocycles. The number of H-pyrrole nitrogens is 2. The summed E-state index contributed by atoms with van der Waals surface area (Å²) in [5.41, 5.74) is 1.98. The smallest absolute Gasteiger partial charge is 0.350 e. The molecule has 0 bridgehead atoms. The predicted octanol–water partition coefficient (Wildman–Crippen LogP) is 1.90. The topological polar surface area (TPSA) is 114 Å². The average Bonchev–Trinajstić information content (AvgIpc) is 3.22. The van der Waals surface area contributed by atoms with Crippen LogP contribution in [0.3, 0.4) is 0 Å². The molecule has 10 nitrogen and oxygen atoms in total. The third kappa shape index (κ3) is 4.09. The molecule has 2 N–H and O–H groups in total. The quantitative estimate of drug-likeness (QED) is 0.422. The van der Waals surface area contributed by atoms with Gasteiger partial charge in [0, 0.05) is 36.7 Å². The molecule has 0 saturated carbocycles. The van der Waals surface area contributed by atoms with Crippen LogP contribution in [0.4, 0.5) is 0 Å². The molecule has 1 fully saturated rings. The Labute approximate surface area is 194 Å². The molecule has 4 aromatic rings. The Bertz CT molecular complexity index is 1490. The zero-order valence-corrected chi connectivity index (χ0v) is 19.0. The number of methoxy groups -OCH3 is 2. The lowest BCUT2D eigenvalue weighted by Crippen LogP contribution is -2.35. The van der Waals surface area contributed by atoms with Gasteiger partial charge in [-0.15, -0.1) is 4.68 Å². The molecule has 0 spiro atoms. The second-order valence-electron chi connectivity index (χ2n) is 8.04.